The number of ether oxygens (including phenoxy) is 1. The van der Waals surface area contributed by atoms with E-state index in [0.717, 1.165) is 39.2 Å². The van der Waals surface area contributed by atoms with E-state index in [4.69, 9.17) is 0 Å². The van der Waals surface area contributed by atoms with Crippen molar-refractivity contribution in [3.8, 4) is 0 Å². The third kappa shape index (κ3) is 6.98. The standard InChI is InChI=1S/C17H22N4O5S3/c1-11(2)12-5-7-13(8-6-12)21(29(4,24)25)9-14(22)18-16-19-20-17(28-16)27-10-15(23)26-3/h5-8,11H,9-10H2,1-4H3,(H,18,19,22). The molecule has 1 N–H and O–H groups in total. The number of methoxy groups -OCH3 is 1. The summed E-state index contributed by atoms with van der Waals surface area (Å²) in [6.07, 6.45) is 1.04. The third-order valence-electron chi connectivity index (χ3n) is 3.73. The molecular formula is C17H22N4O5S3. The van der Waals surface area contributed by atoms with Crippen molar-refractivity contribution in [1.29, 1.82) is 0 Å². The SMILES string of the molecule is COC(=O)CSc1nnc(NC(=O)CN(c2ccc(C(C)C)cc2)S(C)(=O)=O)s1. The van der Waals surface area contributed by atoms with E-state index in [2.05, 4.69) is 20.3 Å². The molecule has 29 heavy (non-hydrogen) atoms. The number of anilines is 2. The van der Waals surface area contributed by atoms with Crippen LogP contribution >= 0.6 is 23.1 Å². The summed E-state index contributed by atoms with van der Waals surface area (Å²) < 4.78 is 30.4. The fraction of sp³-hybridized carbons (Fsp3) is 0.412. The van der Waals surface area contributed by atoms with Crippen LogP contribution in [0.2, 0.25) is 0 Å². The highest BCUT2D eigenvalue weighted by molar-refractivity contribution is 8.01. The first-order valence-electron chi connectivity index (χ1n) is 8.50. The summed E-state index contributed by atoms with van der Waals surface area (Å²) in [6, 6.07) is 7.03. The highest BCUT2D eigenvalue weighted by atomic mass is 32.2. The summed E-state index contributed by atoms with van der Waals surface area (Å²) in [7, 11) is -2.38. The molecule has 12 heteroatoms. The summed E-state index contributed by atoms with van der Waals surface area (Å²) in [5.41, 5.74) is 1.47. The van der Waals surface area contributed by atoms with Gasteiger partial charge in [-0.25, -0.2) is 8.42 Å². The van der Waals surface area contributed by atoms with E-state index in [1.165, 1.54) is 7.11 Å². The molecule has 0 radical (unpaired) electrons. The van der Waals surface area contributed by atoms with Crippen LogP contribution in [-0.4, -0.2) is 56.2 Å². The van der Waals surface area contributed by atoms with Gasteiger partial charge in [0, 0.05) is 0 Å². The Morgan fingerprint density at radius 3 is 2.45 bits per heavy atom. The highest BCUT2D eigenvalue weighted by Gasteiger charge is 2.22. The van der Waals surface area contributed by atoms with Crippen molar-refractivity contribution >= 4 is 55.8 Å². The number of carbonyl (C=O) groups excluding carboxylic acids is 2. The first kappa shape index (κ1) is 23.1. The molecule has 0 saturated carbocycles. The van der Waals surface area contributed by atoms with Crippen molar-refractivity contribution in [1.82, 2.24) is 10.2 Å². The average molecular weight is 459 g/mol. The Morgan fingerprint density at radius 1 is 1.24 bits per heavy atom. The zero-order chi connectivity index (χ0) is 21.6. The maximum Gasteiger partial charge on any atom is 0.316 e. The number of esters is 1. The minimum Gasteiger partial charge on any atom is -0.468 e. The van der Waals surface area contributed by atoms with Crippen molar-refractivity contribution in [2.75, 3.05) is 35.3 Å². The van der Waals surface area contributed by atoms with Gasteiger partial charge in [-0.15, -0.1) is 10.2 Å². The molecule has 0 spiro atoms. The Balaban J connectivity index is 2.05. The highest BCUT2D eigenvalue weighted by Crippen LogP contribution is 2.26. The van der Waals surface area contributed by atoms with Crippen LogP contribution in [0.25, 0.3) is 0 Å². The van der Waals surface area contributed by atoms with Crippen LogP contribution in [0, 0.1) is 0 Å². The van der Waals surface area contributed by atoms with Crippen LogP contribution in [-0.2, 0) is 24.3 Å². The maximum atomic E-state index is 12.4. The van der Waals surface area contributed by atoms with E-state index in [0.29, 0.717) is 15.9 Å². The van der Waals surface area contributed by atoms with E-state index < -0.39 is 28.4 Å². The lowest BCUT2D eigenvalue weighted by Gasteiger charge is -2.22. The van der Waals surface area contributed by atoms with E-state index in [1.807, 2.05) is 26.0 Å². The summed E-state index contributed by atoms with van der Waals surface area (Å²) in [4.78, 5) is 23.5. The van der Waals surface area contributed by atoms with Gasteiger partial charge < -0.3 is 4.74 Å². The molecule has 0 aliphatic heterocycles. The molecule has 1 heterocycles. The number of amides is 1. The molecule has 2 rings (SSSR count). The van der Waals surface area contributed by atoms with Crippen LogP contribution in [0.5, 0.6) is 0 Å². The van der Waals surface area contributed by atoms with Gasteiger partial charge in [0.05, 0.1) is 24.8 Å². The van der Waals surface area contributed by atoms with E-state index in [1.54, 1.807) is 12.1 Å². The fourth-order valence-electron chi connectivity index (χ4n) is 2.21. The molecule has 0 bridgehead atoms. The van der Waals surface area contributed by atoms with Crippen molar-refractivity contribution in [2.24, 2.45) is 0 Å². The molecule has 0 atom stereocenters. The lowest BCUT2D eigenvalue weighted by atomic mass is 10.0. The van der Waals surface area contributed by atoms with Gasteiger partial charge in [0.15, 0.2) is 4.34 Å². The molecular weight excluding hydrogens is 436 g/mol. The fourth-order valence-corrected chi connectivity index (χ4v) is 4.67. The molecule has 9 nitrogen and oxygen atoms in total. The number of benzene rings is 1. The predicted octanol–water partition coefficient (Wildman–Crippen LogP) is 2.33. The van der Waals surface area contributed by atoms with Crippen molar-refractivity contribution < 1.29 is 22.7 Å². The monoisotopic (exact) mass is 458 g/mol. The van der Waals surface area contributed by atoms with E-state index >= 15 is 0 Å². The number of thioether (sulfide) groups is 1. The Bertz CT molecular complexity index is 958. The third-order valence-corrected chi connectivity index (χ3v) is 6.82. The zero-order valence-electron chi connectivity index (χ0n) is 16.4. The molecule has 1 aromatic carbocycles. The maximum absolute atomic E-state index is 12.4. The van der Waals surface area contributed by atoms with Crippen LogP contribution in [0.3, 0.4) is 0 Å². The predicted molar refractivity (Wildman–Crippen MR) is 114 cm³/mol. The van der Waals surface area contributed by atoms with Gasteiger partial charge >= 0.3 is 5.97 Å². The minimum atomic E-state index is -3.67. The quantitative estimate of drug-likeness (QED) is 0.345. The molecule has 1 aromatic heterocycles. The number of hydrogen-bond acceptors (Lipinski definition) is 9. The number of nitrogens with one attached hydrogen (secondary N) is 1. The van der Waals surface area contributed by atoms with E-state index in [-0.39, 0.29) is 10.9 Å². The zero-order valence-corrected chi connectivity index (χ0v) is 18.9. The Hall–Kier alpha value is -2.18. The number of hydrogen-bond donors (Lipinski definition) is 1. The Morgan fingerprint density at radius 2 is 1.90 bits per heavy atom. The lowest BCUT2D eigenvalue weighted by molar-refractivity contribution is -0.137. The van der Waals surface area contributed by atoms with Crippen molar-refractivity contribution in [3.05, 3.63) is 29.8 Å². The molecule has 0 unspecified atom stereocenters. The normalized spacial score (nSPS) is 11.3. The average Bonchev–Trinajstić information content (AvgIpc) is 3.10. The van der Waals surface area contributed by atoms with Gasteiger partial charge in [-0.1, -0.05) is 49.1 Å². The number of rotatable bonds is 9. The van der Waals surface area contributed by atoms with Gasteiger partial charge in [-0.2, -0.15) is 0 Å². The number of aromatic nitrogens is 2. The second-order valence-corrected chi connectivity index (χ2v) is 10.4. The number of carbonyl (C=O) groups is 2. The van der Waals surface area contributed by atoms with Crippen molar-refractivity contribution in [2.45, 2.75) is 24.1 Å². The molecule has 2 aromatic rings. The van der Waals surface area contributed by atoms with Gasteiger partial charge in [0.1, 0.15) is 6.54 Å². The minimum absolute atomic E-state index is 0.0767. The molecule has 158 valence electrons. The van der Waals surface area contributed by atoms with E-state index in [9.17, 15) is 18.0 Å². The summed E-state index contributed by atoms with van der Waals surface area (Å²) in [5, 5.41) is 10.4. The first-order chi connectivity index (χ1) is 13.6. The van der Waals surface area contributed by atoms with Crippen molar-refractivity contribution in [3.63, 3.8) is 0 Å². The van der Waals surface area contributed by atoms with Crippen LogP contribution in [0.15, 0.2) is 28.6 Å². The second kappa shape index (κ2) is 10.0. The Labute approximate surface area is 177 Å². The van der Waals surface area contributed by atoms with Crippen LogP contribution in [0.1, 0.15) is 25.3 Å². The van der Waals surface area contributed by atoms with Crippen LogP contribution in [0.4, 0.5) is 10.8 Å². The number of nitrogens with zero attached hydrogens (tertiary/aromatic N) is 3. The Kier molecular flexibility index (Phi) is 7.99. The summed E-state index contributed by atoms with van der Waals surface area (Å²) in [6.45, 7) is 3.68. The van der Waals surface area contributed by atoms with Gasteiger partial charge in [-0.05, 0) is 23.6 Å². The summed E-state index contributed by atoms with van der Waals surface area (Å²) >= 11 is 2.21. The van der Waals surface area contributed by atoms with Gasteiger partial charge in [0.25, 0.3) is 0 Å². The van der Waals surface area contributed by atoms with Gasteiger partial charge in [0.2, 0.25) is 21.1 Å². The smallest absolute Gasteiger partial charge is 0.316 e. The van der Waals surface area contributed by atoms with Crippen LogP contribution < -0.4 is 9.62 Å². The first-order valence-corrected chi connectivity index (χ1v) is 12.2. The second-order valence-electron chi connectivity index (χ2n) is 6.30. The largest absolute Gasteiger partial charge is 0.468 e. The summed E-state index contributed by atoms with van der Waals surface area (Å²) in [5.74, 6) is -0.567. The molecule has 0 aliphatic carbocycles. The molecule has 1 amide bonds. The van der Waals surface area contributed by atoms with Gasteiger partial charge in [-0.3, -0.25) is 19.2 Å². The topological polar surface area (TPSA) is 119 Å². The lowest BCUT2D eigenvalue weighted by Crippen LogP contribution is -2.37. The molecule has 0 saturated heterocycles. The molecule has 0 fully saturated rings. The molecule has 0 aliphatic rings. The number of sulfonamides is 1.